The molecule has 1 unspecified atom stereocenters. The summed E-state index contributed by atoms with van der Waals surface area (Å²) in [6, 6.07) is 0.566. The van der Waals surface area contributed by atoms with Crippen LogP contribution in [0.4, 0.5) is 0 Å². The molecule has 3 heteroatoms. The van der Waals surface area contributed by atoms with Crippen LogP contribution < -0.4 is 5.32 Å². The average Bonchev–Trinajstić information content (AvgIpc) is 2.90. The van der Waals surface area contributed by atoms with Crippen molar-refractivity contribution in [3.05, 3.63) is 11.3 Å². The standard InChI is InChI=1S/C17H29NO2/c1-17(2,3)12-9-10-15(14(11-12)16(19)20-4)18-13-7-5-6-8-13/h12-13,18H,5-11H2,1-4H3. The van der Waals surface area contributed by atoms with Crippen LogP contribution in [0.3, 0.4) is 0 Å². The molecule has 114 valence electrons. The molecule has 2 aliphatic rings. The molecule has 20 heavy (non-hydrogen) atoms. The Labute approximate surface area is 123 Å². The maximum absolute atomic E-state index is 12.1. The summed E-state index contributed by atoms with van der Waals surface area (Å²) in [5.41, 5.74) is 2.30. The molecule has 0 aromatic carbocycles. The third kappa shape index (κ3) is 3.56. The molecular weight excluding hydrogens is 250 g/mol. The van der Waals surface area contributed by atoms with Crippen LogP contribution in [0.2, 0.25) is 0 Å². The van der Waals surface area contributed by atoms with Crippen LogP contribution in [0.5, 0.6) is 0 Å². The van der Waals surface area contributed by atoms with Gasteiger partial charge in [-0.2, -0.15) is 0 Å². The van der Waals surface area contributed by atoms with Gasteiger partial charge in [0.25, 0.3) is 0 Å². The molecule has 2 rings (SSSR count). The lowest BCUT2D eigenvalue weighted by Crippen LogP contribution is -2.34. The summed E-state index contributed by atoms with van der Waals surface area (Å²) in [5, 5.41) is 3.63. The molecule has 0 spiro atoms. The van der Waals surface area contributed by atoms with Gasteiger partial charge >= 0.3 is 5.97 Å². The Hall–Kier alpha value is -0.990. The smallest absolute Gasteiger partial charge is 0.335 e. The van der Waals surface area contributed by atoms with Gasteiger partial charge in [0.1, 0.15) is 0 Å². The highest BCUT2D eigenvalue weighted by Gasteiger charge is 2.33. The van der Waals surface area contributed by atoms with Crippen molar-refractivity contribution in [2.24, 2.45) is 11.3 Å². The van der Waals surface area contributed by atoms with Crippen LogP contribution in [0, 0.1) is 11.3 Å². The van der Waals surface area contributed by atoms with Crippen LogP contribution in [-0.2, 0) is 9.53 Å². The highest BCUT2D eigenvalue weighted by molar-refractivity contribution is 5.89. The van der Waals surface area contributed by atoms with E-state index in [1.165, 1.54) is 39.2 Å². The maximum atomic E-state index is 12.1. The lowest BCUT2D eigenvalue weighted by molar-refractivity contribution is -0.136. The fourth-order valence-corrected chi connectivity index (χ4v) is 3.49. The van der Waals surface area contributed by atoms with E-state index in [1.54, 1.807) is 0 Å². The first kappa shape index (κ1) is 15.4. The van der Waals surface area contributed by atoms with E-state index in [1.807, 2.05) is 0 Å². The number of carbonyl (C=O) groups is 1. The van der Waals surface area contributed by atoms with Gasteiger partial charge in [0.05, 0.1) is 12.7 Å². The van der Waals surface area contributed by atoms with Crippen LogP contribution in [0.25, 0.3) is 0 Å². The zero-order chi connectivity index (χ0) is 14.8. The lowest BCUT2D eigenvalue weighted by atomic mass is 9.71. The Morgan fingerprint density at radius 3 is 2.40 bits per heavy atom. The Balaban J connectivity index is 2.15. The van der Waals surface area contributed by atoms with Gasteiger partial charge < -0.3 is 10.1 Å². The van der Waals surface area contributed by atoms with Crippen LogP contribution in [0.1, 0.15) is 65.7 Å². The third-order valence-corrected chi connectivity index (χ3v) is 4.95. The van der Waals surface area contributed by atoms with E-state index >= 15 is 0 Å². The number of carbonyl (C=O) groups excluding carboxylic acids is 1. The topological polar surface area (TPSA) is 38.3 Å². The molecule has 0 aliphatic heterocycles. The van der Waals surface area contributed by atoms with Crippen LogP contribution in [-0.4, -0.2) is 19.1 Å². The fraction of sp³-hybridized carbons (Fsp3) is 0.824. The third-order valence-electron chi connectivity index (χ3n) is 4.95. The Morgan fingerprint density at radius 2 is 1.85 bits per heavy atom. The summed E-state index contributed by atoms with van der Waals surface area (Å²) in [5.74, 6) is 0.421. The Morgan fingerprint density at radius 1 is 1.20 bits per heavy atom. The quantitative estimate of drug-likeness (QED) is 0.799. The minimum Gasteiger partial charge on any atom is -0.466 e. The number of esters is 1. The van der Waals surface area contributed by atoms with E-state index in [2.05, 4.69) is 26.1 Å². The van der Waals surface area contributed by atoms with Crippen molar-refractivity contribution < 1.29 is 9.53 Å². The SMILES string of the molecule is COC(=O)C1=C(NC2CCCC2)CCC(C(C)(C)C)C1. The molecule has 1 N–H and O–H groups in total. The summed E-state index contributed by atoms with van der Waals surface area (Å²) in [6.45, 7) is 6.80. The van der Waals surface area contributed by atoms with Gasteiger partial charge in [-0.05, 0) is 43.4 Å². The second-order valence-electron chi connectivity index (χ2n) is 7.38. The predicted octanol–water partition coefficient (Wildman–Crippen LogP) is 3.79. The number of nitrogens with one attached hydrogen (secondary N) is 1. The molecule has 0 heterocycles. The minimum absolute atomic E-state index is 0.139. The molecule has 0 saturated heterocycles. The summed E-state index contributed by atoms with van der Waals surface area (Å²) in [6.07, 6.45) is 8.10. The van der Waals surface area contributed by atoms with E-state index in [-0.39, 0.29) is 11.4 Å². The number of rotatable bonds is 3. The average molecular weight is 279 g/mol. The first-order chi connectivity index (χ1) is 9.41. The molecule has 0 aromatic rings. The van der Waals surface area contributed by atoms with Gasteiger partial charge in [-0.3, -0.25) is 0 Å². The zero-order valence-corrected chi connectivity index (χ0v) is 13.4. The highest BCUT2D eigenvalue weighted by atomic mass is 16.5. The van der Waals surface area contributed by atoms with Crippen molar-refractivity contribution in [2.75, 3.05) is 7.11 Å². The summed E-state index contributed by atoms with van der Waals surface area (Å²) in [4.78, 5) is 12.1. The second kappa shape index (κ2) is 6.19. The van der Waals surface area contributed by atoms with Crippen molar-refractivity contribution >= 4 is 5.97 Å². The van der Waals surface area contributed by atoms with E-state index in [4.69, 9.17) is 4.74 Å². The molecule has 1 saturated carbocycles. The maximum Gasteiger partial charge on any atom is 0.335 e. The van der Waals surface area contributed by atoms with E-state index in [9.17, 15) is 4.79 Å². The van der Waals surface area contributed by atoms with E-state index in [0.717, 1.165) is 24.1 Å². The lowest BCUT2D eigenvalue weighted by Gasteiger charge is -2.36. The number of hydrogen-bond acceptors (Lipinski definition) is 3. The zero-order valence-electron chi connectivity index (χ0n) is 13.4. The van der Waals surface area contributed by atoms with Gasteiger partial charge in [0.15, 0.2) is 0 Å². The first-order valence-corrected chi connectivity index (χ1v) is 7.98. The number of methoxy groups -OCH3 is 1. The molecule has 3 nitrogen and oxygen atoms in total. The largest absolute Gasteiger partial charge is 0.466 e. The normalized spacial score (nSPS) is 24.9. The van der Waals surface area contributed by atoms with Crippen molar-refractivity contribution in [3.63, 3.8) is 0 Å². The molecule has 0 amide bonds. The second-order valence-corrected chi connectivity index (χ2v) is 7.38. The number of ether oxygens (including phenoxy) is 1. The number of hydrogen-bond donors (Lipinski definition) is 1. The van der Waals surface area contributed by atoms with Gasteiger partial charge in [0.2, 0.25) is 0 Å². The predicted molar refractivity (Wildman–Crippen MR) is 81.2 cm³/mol. The Kier molecular flexibility index (Phi) is 4.77. The molecule has 0 aromatic heterocycles. The first-order valence-electron chi connectivity index (χ1n) is 7.98. The van der Waals surface area contributed by atoms with Crippen molar-refractivity contribution in [3.8, 4) is 0 Å². The fourth-order valence-electron chi connectivity index (χ4n) is 3.49. The Bertz CT molecular complexity index is 386. The van der Waals surface area contributed by atoms with Gasteiger partial charge in [-0.25, -0.2) is 4.79 Å². The van der Waals surface area contributed by atoms with E-state index in [0.29, 0.717) is 12.0 Å². The molecule has 1 fully saturated rings. The van der Waals surface area contributed by atoms with Crippen molar-refractivity contribution in [2.45, 2.75) is 71.8 Å². The van der Waals surface area contributed by atoms with E-state index < -0.39 is 0 Å². The summed E-state index contributed by atoms with van der Waals surface area (Å²) in [7, 11) is 1.49. The van der Waals surface area contributed by atoms with Gasteiger partial charge in [0, 0.05) is 11.7 Å². The van der Waals surface area contributed by atoms with Crippen LogP contribution in [0.15, 0.2) is 11.3 Å². The molecular formula is C17H29NO2. The molecule has 1 atom stereocenters. The van der Waals surface area contributed by atoms with Crippen molar-refractivity contribution in [1.82, 2.24) is 5.32 Å². The summed E-state index contributed by atoms with van der Waals surface area (Å²) >= 11 is 0. The van der Waals surface area contributed by atoms with Gasteiger partial charge in [-0.15, -0.1) is 0 Å². The van der Waals surface area contributed by atoms with Crippen LogP contribution >= 0.6 is 0 Å². The van der Waals surface area contributed by atoms with Gasteiger partial charge in [-0.1, -0.05) is 33.6 Å². The summed E-state index contributed by atoms with van der Waals surface area (Å²) < 4.78 is 5.01. The minimum atomic E-state index is -0.139. The molecule has 0 radical (unpaired) electrons. The number of allylic oxidation sites excluding steroid dienone is 1. The monoisotopic (exact) mass is 279 g/mol. The molecule has 2 aliphatic carbocycles. The molecule has 0 bridgehead atoms. The van der Waals surface area contributed by atoms with Crippen molar-refractivity contribution in [1.29, 1.82) is 0 Å². The highest BCUT2D eigenvalue weighted by Crippen LogP contribution is 2.40.